The van der Waals surface area contributed by atoms with E-state index in [0.29, 0.717) is 0 Å². The van der Waals surface area contributed by atoms with E-state index in [1.807, 2.05) is 13.8 Å². The predicted molar refractivity (Wildman–Crippen MR) is 63.5 cm³/mol. The number of rotatable bonds is 3. The minimum atomic E-state index is -0.963. The Morgan fingerprint density at radius 2 is 1.94 bits per heavy atom. The summed E-state index contributed by atoms with van der Waals surface area (Å²) in [5, 5.41) is 12.9. The molecule has 0 aliphatic carbocycles. The Hall–Kier alpha value is -1.36. The third-order valence-electron chi connectivity index (χ3n) is 2.98. The molecule has 1 aromatic heterocycles. The van der Waals surface area contributed by atoms with Crippen LogP contribution >= 0.6 is 0 Å². The first kappa shape index (κ1) is 12.7. The summed E-state index contributed by atoms with van der Waals surface area (Å²) in [5.74, 6) is 0.247. The Morgan fingerprint density at radius 1 is 1.38 bits per heavy atom. The van der Waals surface area contributed by atoms with E-state index in [-0.39, 0.29) is 11.4 Å². The van der Waals surface area contributed by atoms with E-state index in [1.54, 1.807) is 33.3 Å². The number of nitrogens with one attached hydrogen (secondary N) is 1. The van der Waals surface area contributed by atoms with E-state index in [4.69, 9.17) is 0 Å². The van der Waals surface area contributed by atoms with Crippen LogP contribution in [0.4, 0.5) is 5.82 Å². The van der Waals surface area contributed by atoms with Gasteiger partial charge in [-0.05, 0) is 27.7 Å². The van der Waals surface area contributed by atoms with Gasteiger partial charge in [0, 0.05) is 19.4 Å². The summed E-state index contributed by atoms with van der Waals surface area (Å²) in [7, 11) is 1.66. The lowest BCUT2D eigenvalue weighted by atomic mass is 9.86. The zero-order valence-electron chi connectivity index (χ0n) is 10.4. The molecule has 0 spiro atoms. The van der Waals surface area contributed by atoms with Crippen molar-refractivity contribution < 1.29 is 5.11 Å². The molecule has 0 radical (unpaired) electrons. The van der Waals surface area contributed by atoms with Crippen LogP contribution in [0, 0.1) is 0 Å². The van der Waals surface area contributed by atoms with Gasteiger partial charge >= 0.3 is 0 Å². The number of aliphatic hydroxyl groups is 1. The van der Waals surface area contributed by atoms with E-state index in [2.05, 4.69) is 10.3 Å². The topological polar surface area (TPSA) is 67.2 Å². The highest BCUT2D eigenvalue weighted by Gasteiger charge is 2.35. The van der Waals surface area contributed by atoms with E-state index in [0.717, 1.165) is 0 Å². The fourth-order valence-electron chi connectivity index (χ4n) is 1.03. The molecule has 0 atom stereocenters. The molecule has 0 unspecified atom stereocenters. The Labute approximate surface area is 95.1 Å². The molecule has 0 aliphatic rings. The van der Waals surface area contributed by atoms with Crippen molar-refractivity contribution in [1.29, 1.82) is 0 Å². The smallest absolute Gasteiger partial charge is 0.293 e. The van der Waals surface area contributed by atoms with Crippen LogP contribution in [0.1, 0.15) is 27.7 Å². The van der Waals surface area contributed by atoms with Crippen molar-refractivity contribution in [2.24, 2.45) is 7.05 Å². The second kappa shape index (κ2) is 3.90. The van der Waals surface area contributed by atoms with Crippen LogP contribution in [0.2, 0.25) is 0 Å². The molecule has 0 aliphatic heterocycles. The lowest BCUT2D eigenvalue weighted by Crippen LogP contribution is -2.52. The fourth-order valence-corrected chi connectivity index (χ4v) is 1.03. The Balaban J connectivity index is 3.07. The largest absolute Gasteiger partial charge is 0.388 e. The van der Waals surface area contributed by atoms with Gasteiger partial charge in [0.25, 0.3) is 5.56 Å². The molecule has 2 N–H and O–H groups in total. The van der Waals surface area contributed by atoms with Crippen LogP contribution in [-0.4, -0.2) is 25.8 Å². The summed E-state index contributed by atoms with van der Waals surface area (Å²) in [6.45, 7) is 7.02. The highest BCUT2D eigenvalue weighted by atomic mass is 16.3. The van der Waals surface area contributed by atoms with Gasteiger partial charge in [0.15, 0.2) is 5.82 Å². The molecule has 0 saturated carbocycles. The summed E-state index contributed by atoms with van der Waals surface area (Å²) in [4.78, 5) is 15.7. The monoisotopic (exact) mass is 225 g/mol. The molecule has 0 bridgehead atoms. The number of hydrogen-bond donors (Lipinski definition) is 2. The summed E-state index contributed by atoms with van der Waals surface area (Å²) in [6, 6.07) is 0. The molecular formula is C11H19N3O2. The Kier molecular flexibility index (Phi) is 3.10. The molecule has 0 aromatic carbocycles. The van der Waals surface area contributed by atoms with Crippen molar-refractivity contribution in [1.82, 2.24) is 9.55 Å². The number of hydrogen-bond acceptors (Lipinski definition) is 4. The van der Waals surface area contributed by atoms with Gasteiger partial charge in [0.05, 0.1) is 11.1 Å². The highest BCUT2D eigenvalue weighted by molar-refractivity contribution is 5.35. The minimum absolute atomic E-state index is 0.208. The fraction of sp³-hybridized carbons (Fsp3) is 0.636. The normalized spacial score (nSPS) is 12.6. The van der Waals surface area contributed by atoms with Gasteiger partial charge in [-0.15, -0.1) is 0 Å². The molecule has 0 fully saturated rings. The van der Waals surface area contributed by atoms with E-state index >= 15 is 0 Å². The SMILES string of the molecule is Cn1ccnc(NC(C)(C)C(C)(C)O)c1=O. The second-order valence-corrected chi connectivity index (χ2v) is 5.00. The van der Waals surface area contributed by atoms with Crippen LogP contribution in [0.3, 0.4) is 0 Å². The predicted octanol–water partition coefficient (Wildman–Crippen LogP) is 0.742. The molecule has 90 valence electrons. The summed E-state index contributed by atoms with van der Waals surface area (Å²) in [5.41, 5.74) is -1.82. The molecule has 16 heavy (non-hydrogen) atoms. The van der Waals surface area contributed by atoms with Gasteiger partial charge < -0.3 is 15.0 Å². The maximum Gasteiger partial charge on any atom is 0.293 e. The van der Waals surface area contributed by atoms with Crippen molar-refractivity contribution >= 4 is 5.82 Å². The average Bonchev–Trinajstić information content (AvgIpc) is 2.11. The van der Waals surface area contributed by atoms with Gasteiger partial charge in [-0.3, -0.25) is 4.79 Å². The number of aryl methyl sites for hydroxylation is 1. The zero-order valence-corrected chi connectivity index (χ0v) is 10.4. The van der Waals surface area contributed by atoms with Gasteiger partial charge in [0.1, 0.15) is 0 Å². The zero-order chi connectivity index (χ0) is 12.6. The van der Waals surface area contributed by atoms with Crippen molar-refractivity contribution in [2.75, 3.05) is 5.32 Å². The summed E-state index contributed by atoms with van der Waals surface area (Å²) in [6.07, 6.45) is 3.13. The van der Waals surface area contributed by atoms with Crippen molar-refractivity contribution in [3.63, 3.8) is 0 Å². The maximum atomic E-state index is 11.7. The van der Waals surface area contributed by atoms with Gasteiger partial charge in [0.2, 0.25) is 0 Å². The molecule has 0 saturated heterocycles. The van der Waals surface area contributed by atoms with Crippen LogP contribution < -0.4 is 10.9 Å². The van der Waals surface area contributed by atoms with Crippen molar-refractivity contribution in [3.8, 4) is 0 Å². The third kappa shape index (κ3) is 2.41. The van der Waals surface area contributed by atoms with E-state index < -0.39 is 11.1 Å². The summed E-state index contributed by atoms with van der Waals surface area (Å²) < 4.78 is 1.44. The standard InChI is InChI=1S/C11H19N3O2/c1-10(2,11(3,4)16)13-8-9(15)14(5)7-6-12-8/h6-7,16H,1-5H3,(H,12,13). The number of nitrogens with zero attached hydrogens (tertiary/aromatic N) is 2. The lowest BCUT2D eigenvalue weighted by molar-refractivity contribution is 0.0238. The van der Waals surface area contributed by atoms with Gasteiger partial charge in [-0.1, -0.05) is 0 Å². The van der Waals surface area contributed by atoms with Crippen molar-refractivity contribution in [2.45, 2.75) is 38.8 Å². The molecule has 1 heterocycles. The second-order valence-electron chi connectivity index (χ2n) is 5.00. The molecule has 1 aromatic rings. The van der Waals surface area contributed by atoms with E-state index in [9.17, 15) is 9.90 Å². The first-order valence-electron chi connectivity index (χ1n) is 5.17. The Bertz CT molecular complexity index is 430. The minimum Gasteiger partial charge on any atom is -0.388 e. The van der Waals surface area contributed by atoms with Crippen molar-refractivity contribution in [3.05, 3.63) is 22.7 Å². The summed E-state index contributed by atoms with van der Waals surface area (Å²) >= 11 is 0. The first-order valence-corrected chi connectivity index (χ1v) is 5.17. The van der Waals surface area contributed by atoms with Gasteiger partial charge in [-0.25, -0.2) is 4.98 Å². The van der Waals surface area contributed by atoms with Crippen LogP contribution in [-0.2, 0) is 7.05 Å². The average molecular weight is 225 g/mol. The third-order valence-corrected chi connectivity index (χ3v) is 2.98. The van der Waals surface area contributed by atoms with Crippen LogP contribution in [0.25, 0.3) is 0 Å². The highest BCUT2D eigenvalue weighted by Crippen LogP contribution is 2.23. The number of aromatic nitrogens is 2. The molecule has 0 amide bonds. The maximum absolute atomic E-state index is 11.7. The number of anilines is 1. The van der Waals surface area contributed by atoms with Crippen LogP contribution in [0.5, 0.6) is 0 Å². The quantitative estimate of drug-likeness (QED) is 0.796. The molecule has 1 rings (SSSR count). The van der Waals surface area contributed by atoms with Crippen LogP contribution in [0.15, 0.2) is 17.2 Å². The molecule has 5 nitrogen and oxygen atoms in total. The molecule has 5 heteroatoms. The lowest BCUT2D eigenvalue weighted by Gasteiger charge is -2.38. The molecular weight excluding hydrogens is 206 g/mol. The first-order chi connectivity index (χ1) is 7.15. The van der Waals surface area contributed by atoms with E-state index in [1.165, 1.54) is 4.57 Å². The Morgan fingerprint density at radius 3 is 2.44 bits per heavy atom. The van der Waals surface area contributed by atoms with Gasteiger partial charge in [-0.2, -0.15) is 0 Å².